The third kappa shape index (κ3) is 4.41. The van der Waals surface area contributed by atoms with E-state index < -0.39 is 0 Å². The van der Waals surface area contributed by atoms with Crippen molar-refractivity contribution in [1.29, 1.82) is 0 Å². The highest BCUT2D eigenvalue weighted by atomic mass is 32.1. The molecule has 156 valence electrons. The molecule has 0 aliphatic rings. The van der Waals surface area contributed by atoms with Crippen molar-refractivity contribution in [3.63, 3.8) is 0 Å². The van der Waals surface area contributed by atoms with Crippen molar-refractivity contribution in [2.75, 3.05) is 19.2 Å². The fourth-order valence-corrected chi connectivity index (χ4v) is 4.07. The zero-order valence-electron chi connectivity index (χ0n) is 17.4. The van der Waals surface area contributed by atoms with Crippen molar-refractivity contribution in [3.8, 4) is 11.5 Å². The predicted molar refractivity (Wildman–Crippen MR) is 125 cm³/mol. The summed E-state index contributed by atoms with van der Waals surface area (Å²) in [5, 5.41) is 6.31. The summed E-state index contributed by atoms with van der Waals surface area (Å²) in [6, 6.07) is 20.6. The van der Waals surface area contributed by atoms with Crippen molar-refractivity contribution in [3.05, 3.63) is 83.4 Å². The Labute approximate surface area is 184 Å². The number of fused-ring (bicyclic) bond motifs is 1. The standard InChI is InChI=1S/C24H21N3O3S/c1-16-9-11-19-22(13-16)31-24(26-19)27(25-15-17-7-5-4-6-8-17)23(28)18-10-12-20(29-2)21(14-18)30-3/h4-15H,1-3H3/b25-15+. The molecule has 31 heavy (non-hydrogen) atoms. The van der Waals surface area contributed by atoms with Gasteiger partial charge in [-0.05, 0) is 48.4 Å². The molecule has 1 amide bonds. The van der Waals surface area contributed by atoms with E-state index in [-0.39, 0.29) is 5.91 Å². The van der Waals surface area contributed by atoms with Crippen LogP contribution in [0.25, 0.3) is 10.2 Å². The molecule has 0 spiro atoms. The Bertz CT molecular complexity index is 1250. The van der Waals surface area contributed by atoms with E-state index >= 15 is 0 Å². The van der Waals surface area contributed by atoms with Crippen LogP contribution in [0.4, 0.5) is 5.13 Å². The second kappa shape index (κ2) is 8.97. The number of amides is 1. The second-order valence-electron chi connectivity index (χ2n) is 6.81. The van der Waals surface area contributed by atoms with Gasteiger partial charge in [0.2, 0.25) is 5.13 Å². The molecule has 0 bridgehead atoms. The van der Waals surface area contributed by atoms with Gasteiger partial charge in [0.1, 0.15) is 0 Å². The SMILES string of the molecule is COc1ccc(C(=O)N(/N=C/c2ccccc2)c2nc3ccc(C)cc3s2)cc1OC. The van der Waals surface area contributed by atoms with E-state index in [1.807, 2.05) is 49.4 Å². The minimum absolute atomic E-state index is 0.316. The topological polar surface area (TPSA) is 64.0 Å². The molecule has 0 radical (unpaired) electrons. The molecule has 4 aromatic rings. The molecule has 1 aromatic heterocycles. The lowest BCUT2D eigenvalue weighted by Crippen LogP contribution is -2.25. The molecule has 0 aliphatic heterocycles. The molecular weight excluding hydrogens is 410 g/mol. The van der Waals surface area contributed by atoms with Gasteiger partial charge in [-0.2, -0.15) is 10.1 Å². The molecule has 0 N–H and O–H groups in total. The normalized spacial score (nSPS) is 11.1. The summed E-state index contributed by atoms with van der Waals surface area (Å²) in [6.07, 6.45) is 1.65. The maximum atomic E-state index is 13.5. The van der Waals surface area contributed by atoms with Gasteiger partial charge in [0.25, 0.3) is 5.91 Å². The van der Waals surface area contributed by atoms with Crippen LogP contribution in [0.1, 0.15) is 21.5 Å². The summed E-state index contributed by atoms with van der Waals surface area (Å²) in [5.74, 6) is 0.707. The highest BCUT2D eigenvalue weighted by molar-refractivity contribution is 7.22. The Hall–Kier alpha value is -3.71. The first-order valence-electron chi connectivity index (χ1n) is 9.62. The lowest BCUT2D eigenvalue weighted by atomic mass is 10.2. The van der Waals surface area contributed by atoms with Crippen LogP contribution in [-0.2, 0) is 0 Å². The molecule has 0 fully saturated rings. The Morgan fingerprint density at radius 3 is 2.52 bits per heavy atom. The first-order valence-corrected chi connectivity index (χ1v) is 10.4. The van der Waals surface area contributed by atoms with E-state index in [1.54, 1.807) is 31.5 Å². The van der Waals surface area contributed by atoms with E-state index in [2.05, 4.69) is 16.2 Å². The van der Waals surface area contributed by atoms with Crippen molar-refractivity contribution in [2.45, 2.75) is 6.92 Å². The van der Waals surface area contributed by atoms with Crippen LogP contribution in [0, 0.1) is 6.92 Å². The number of rotatable bonds is 6. The Balaban J connectivity index is 1.77. The number of hydrazone groups is 1. The number of hydrogen-bond acceptors (Lipinski definition) is 6. The van der Waals surface area contributed by atoms with Gasteiger partial charge in [-0.1, -0.05) is 47.7 Å². The Morgan fingerprint density at radius 1 is 1.00 bits per heavy atom. The van der Waals surface area contributed by atoms with Crippen LogP contribution >= 0.6 is 11.3 Å². The van der Waals surface area contributed by atoms with Gasteiger partial charge in [-0.3, -0.25) is 4.79 Å². The summed E-state index contributed by atoms with van der Waals surface area (Å²) < 4.78 is 11.6. The number of hydrogen-bond donors (Lipinski definition) is 0. The van der Waals surface area contributed by atoms with Crippen LogP contribution in [0.5, 0.6) is 11.5 Å². The van der Waals surface area contributed by atoms with E-state index in [1.165, 1.54) is 23.5 Å². The summed E-state index contributed by atoms with van der Waals surface area (Å²) in [4.78, 5) is 18.1. The number of ether oxygens (including phenoxy) is 2. The molecule has 0 unspecified atom stereocenters. The third-order valence-corrected chi connectivity index (χ3v) is 5.65. The number of aryl methyl sites for hydroxylation is 1. The van der Waals surface area contributed by atoms with Crippen LogP contribution < -0.4 is 14.5 Å². The highest BCUT2D eigenvalue weighted by Crippen LogP contribution is 2.32. The zero-order chi connectivity index (χ0) is 21.8. The number of thiazole rings is 1. The molecule has 0 saturated heterocycles. The lowest BCUT2D eigenvalue weighted by molar-refractivity contribution is 0.0987. The van der Waals surface area contributed by atoms with Crippen LogP contribution in [-0.4, -0.2) is 31.3 Å². The fraction of sp³-hybridized carbons (Fsp3) is 0.125. The van der Waals surface area contributed by atoms with Crippen molar-refractivity contribution in [2.24, 2.45) is 5.10 Å². The zero-order valence-corrected chi connectivity index (χ0v) is 18.2. The van der Waals surface area contributed by atoms with Crippen molar-refractivity contribution < 1.29 is 14.3 Å². The van der Waals surface area contributed by atoms with Crippen LogP contribution in [0.3, 0.4) is 0 Å². The summed E-state index contributed by atoms with van der Waals surface area (Å²) in [5.41, 5.74) is 3.25. The quantitative estimate of drug-likeness (QED) is 0.307. The molecule has 3 aromatic carbocycles. The molecule has 0 atom stereocenters. The number of aromatic nitrogens is 1. The first kappa shape index (κ1) is 20.6. The number of carbonyl (C=O) groups excluding carboxylic acids is 1. The molecule has 1 heterocycles. The maximum Gasteiger partial charge on any atom is 0.280 e. The Kier molecular flexibility index (Phi) is 5.95. The maximum absolute atomic E-state index is 13.5. The summed E-state index contributed by atoms with van der Waals surface area (Å²) >= 11 is 1.42. The number of benzene rings is 3. The predicted octanol–water partition coefficient (Wildman–Crippen LogP) is 5.30. The largest absolute Gasteiger partial charge is 0.493 e. The van der Waals surface area contributed by atoms with Crippen molar-refractivity contribution >= 4 is 38.8 Å². The summed E-state index contributed by atoms with van der Waals surface area (Å²) in [6.45, 7) is 2.03. The van der Waals surface area contributed by atoms with Crippen molar-refractivity contribution in [1.82, 2.24) is 4.98 Å². The van der Waals surface area contributed by atoms with Gasteiger partial charge < -0.3 is 9.47 Å². The average molecular weight is 432 g/mol. The van der Waals surface area contributed by atoms with E-state index in [0.29, 0.717) is 22.2 Å². The molecule has 0 saturated carbocycles. The number of nitrogens with zero attached hydrogens (tertiary/aromatic N) is 3. The molecule has 6 nitrogen and oxygen atoms in total. The fourth-order valence-electron chi connectivity index (χ4n) is 3.05. The number of carbonyl (C=O) groups is 1. The average Bonchev–Trinajstić information content (AvgIpc) is 3.22. The van der Waals surface area contributed by atoms with Gasteiger partial charge >= 0.3 is 0 Å². The number of anilines is 1. The minimum Gasteiger partial charge on any atom is -0.493 e. The van der Waals surface area contributed by atoms with Crippen LogP contribution in [0.15, 0.2) is 71.8 Å². The monoisotopic (exact) mass is 431 g/mol. The van der Waals surface area contributed by atoms with Gasteiger partial charge in [-0.15, -0.1) is 0 Å². The summed E-state index contributed by atoms with van der Waals surface area (Å²) in [7, 11) is 3.09. The highest BCUT2D eigenvalue weighted by Gasteiger charge is 2.22. The molecule has 4 rings (SSSR count). The van der Waals surface area contributed by atoms with E-state index in [0.717, 1.165) is 21.3 Å². The van der Waals surface area contributed by atoms with Gasteiger partial charge in [0, 0.05) is 5.56 Å². The third-order valence-electron chi connectivity index (χ3n) is 4.66. The first-order chi connectivity index (χ1) is 15.1. The van der Waals surface area contributed by atoms with Gasteiger partial charge in [-0.25, -0.2) is 4.98 Å². The molecular formula is C24H21N3O3S. The second-order valence-corrected chi connectivity index (χ2v) is 7.82. The van der Waals surface area contributed by atoms with Gasteiger partial charge in [0.05, 0.1) is 30.7 Å². The van der Waals surface area contributed by atoms with E-state index in [9.17, 15) is 4.79 Å². The lowest BCUT2D eigenvalue weighted by Gasteiger charge is -2.15. The van der Waals surface area contributed by atoms with Crippen LogP contribution in [0.2, 0.25) is 0 Å². The Morgan fingerprint density at radius 2 is 1.77 bits per heavy atom. The molecule has 7 heteroatoms. The van der Waals surface area contributed by atoms with E-state index in [4.69, 9.17) is 9.47 Å². The molecule has 0 aliphatic carbocycles. The van der Waals surface area contributed by atoms with Gasteiger partial charge in [0.15, 0.2) is 11.5 Å². The smallest absolute Gasteiger partial charge is 0.280 e. The minimum atomic E-state index is -0.316. The number of methoxy groups -OCH3 is 2.